The predicted molar refractivity (Wildman–Crippen MR) is 210 cm³/mol. The Balaban J connectivity index is 1.08. The Labute approximate surface area is 303 Å². The summed E-state index contributed by atoms with van der Waals surface area (Å²) in [5.41, 5.74) is 12.5. The van der Waals surface area contributed by atoms with Crippen LogP contribution in [-0.2, 0) is 5.41 Å². The molecule has 5 heteroatoms. The lowest BCUT2D eigenvalue weighted by atomic mass is 9.80. The molecule has 3 aliphatic rings. The minimum absolute atomic E-state index is 0.179. The van der Waals surface area contributed by atoms with Crippen molar-refractivity contribution in [2.45, 2.75) is 31.2 Å². The smallest absolute Gasteiger partial charge is 0.164 e. The van der Waals surface area contributed by atoms with Crippen LogP contribution in [0.5, 0.6) is 0 Å². The molecule has 5 aromatic carbocycles. The minimum Gasteiger partial charge on any atom is -0.318 e. The monoisotopic (exact) mass is 669 g/mol. The van der Waals surface area contributed by atoms with Gasteiger partial charge in [0.05, 0.1) is 6.04 Å². The maximum atomic E-state index is 5.12. The van der Waals surface area contributed by atoms with E-state index in [0.29, 0.717) is 17.5 Å². The maximum Gasteiger partial charge on any atom is 0.164 e. The summed E-state index contributed by atoms with van der Waals surface area (Å²) in [5.74, 6) is 3.28. The molecule has 1 aliphatic heterocycles. The molecular formula is C47H35N5. The number of fused-ring (bicyclic) bond motifs is 6. The Kier molecular flexibility index (Phi) is 6.90. The lowest BCUT2D eigenvalue weighted by molar-refractivity contribution is 0.653. The fourth-order valence-corrected chi connectivity index (χ4v) is 8.40. The fourth-order valence-electron chi connectivity index (χ4n) is 8.40. The molecule has 248 valence electrons. The number of allylic oxidation sites excluding steroid dienone is 2. The van der Waals surface area contributed by atoms with E-state index < -0.39 is 0 Å². The van der Waals surface area contributed by atoms with E-state index in [9.17, 15) is 0 Å². The molecule has 10 rings (SSSR count). The largest absolute Gasteiger partial charge is 0.318 e. The van der Waals surface area contributed by atoms with Crippen LogP contribution >= 0.6 is 0 Å². The normalized spacial score (nSPS) is 17.4. The van der Waals surface area contributed by atoms with Crippen LogP contribution in [0.4, 0.5) is 11.5 Å². The van der Waals surface area contributed by atoms with E-state index >= 15 is 0 Å². The van der Waals surface area contributed by atoms with E-state index in [-0.39, 0.29) is 17.4 Å². The van der Waals surface area contributed by atoms with Gasteiger partial charge in [0.1, 0.15) is 5.82 Å². The van der Waals surface area contributed by atoms with Crippen molar-refractivity contribution < 1.29 is 0 Å². The standard InChI is InChI=1S/C47H35N5/c1-47(2)39-29-34(26-27-35(39)37-18-11-21-41(42(37)47)52-40-20-10-9-17-36(40)38-19-12-28-48-46(38)52)45-50-43(32-15-7-4-8-16-32)49-44(51-45)33-24-22-31(23-25-33)30-13-5-3-6-14-30/h3-29,36,40H,1-2H3. The number of anilines is 2. The first-order valence-corrected chi connectivity index (χ1v) is 17.9. The molecule has 0 amide bonds. The first-order valence-electron chi connectivity index (χ1n) is 17.9. The van der Waals surface area contributed by atoms with Gasteiger partial charge in [-0.05, 0) is 51.6 Å². The van der Waals surface area contributed by atoms with Gasteiger partial charge in [0, 0.05) is 45.5 Å². The van der Waals surface area contributed by atoms with E-state index in [2.05, 4.69) is 152 Å². The number of hydrogen-bond donors (Lipinski definition) is 0. The van der Waals surface area contributed by atoms with Crippen molar-refractivity contribution in [2.24, 2.45) is 0 Å². The molecule has 2 unspecified atom stereocenters. The predicted octanol–water partition coefficient (Wildman–Crippen LogP) is 11.0. The Bertz CT molecular complexity index is 2550. The number of aromatic nitrogens is 4. The average Bonchev–Trinajstić information content (AvgIpc) is 3.67. The van der Waals surface area contributed by atoms with Crippen molar-refractivity contribution >= 4 is 11.5 Å². The summed E-state index contributed by atoms with van der Waals surface area (Å²) in [7, 11) is 0. The second-order valence-corrected chi connectivity index (χ2v) is 14.3. The van der Waals surface area contributed by atoms with Gasteiger partial charge in [-0.2, -0.15) is 0 Å². The average molecular weight is 670 g/mol. The van der Waals surface area contributed by atoms with Gasteiger partial charge in [0.2, 0.25) is 0 Å². The van der Waals surface area contributed by atoms with Crippen LogP contribution in [0.15, 0.2) is 164 Å². The zero-order valence-corrected chi connectivity index (χ0v) is 29.0. The van der Waals surface area contributed by atoms with Gasteiger partial charge in [-0.15, -0.1) is 0 Å². The molecule has 0 fully saturated rings. The number of benzene rings is 5. The Morgan fingerprint density at radius 3 is 1.90 bits per heavy atom. The zero-order chi connectivity index (χ0) is 34.8. The van der Waals surface area contributed by atoms with Crippen molar-refractivity contribution in [1.82, 2.24) is 19.9 Å². The lowest BCUT2D eigenvalue weighted by Gasteiger charge is -2.33. The number of nitrogens with zero attached hydrogens (tertiary/aromatic N) is 5. The van der Waals surface area contributed by atoms with Gasteiger partial charge in [-0.25, -0.2) is 19.9 Å². The van der Waals surface area contributed by atoms with E-state index in [1.807, 2.05) is 30.5 Å². The third-order valence-electron chi connectivity index (χ3n) is 10.9. The highest BCUT2D eigenvalue weighted by Gasteiger charge is 2.44. The first-order chi connectivity index (χ1) is 25.5. The van der Waals surface area contributed by atoms with Gasteiger partial charge in [-0.3, -0.25) is 0 Å². The maximum absolute atomic E-state index is 5.12. The molecule has 2 aliphatic carbocycles. The fraction of sp³-hybridized carbons (Fsp3) is 0.106. The van der Waals surface area contributed by atoms with Crippen molar-refractivity contribution in [3.63, 3.8) is 0 Å². The molecule has 0 radical (unpaired) electrons. The highest BCUT2D eigenvalue weighted by Crippen LogP contribution is 2.56. The van der Waals surface area contributed by atoms with E-state index in [0.717, 1.165) is 28.1 Å². The third kappa shape index (κ3) is 4.77. The molecule has 0 saturated carbocycles. The summed E-state index contributed by atoms with van der Waals surface area (Å²) in [6, 6.07) is 47.0. The minimum atomic E-state index is -0.288. The van der Waals surface area contributed by atoms with Gasteiger partial charge in [0.25, 0.3) is 0 Å². The van der Waals surface area contributed by atoms with Crippen LogP contribution in [0.3, 0.4) is 0 Å². The van der Waals surface area contributed by atoms with Crippen LogP contribution in [0, 0.1) is 0 Å². The topological polar surface area (TPSA) is 54.8 Å². The Hall–Kier alpha value is -6.46. The third-order valence-corrected chi connectivity index (χ3v) is 10.9. The summed E-state index contributed by atoms with van der Waals surface area (Å²) in [4.78, 5) is 22.6. The molecule has 2 aromatic heterocycles. The van der Waals surface area contributed by atoms with Crippen LogP contribution in [0.1, 0.15) is 36.5 Å². The molecule has 0 bridgehead atoms. The second-order valence-electron chi connectivity index (χ2n) is 14.3. The quantitative estimate of drug-likeness (QED) is 0.183. The molecule has 3 heterocycles. The number of hydrogen-bond acceptors (Lipinski definition) is 5. The van der Waals surface area contributed by atoms with E-state index in [1.165, 1.54) is 39.1 Å². The summed E-state index contributed by atoms with van der Waals surface area (Å²) in [6.45, 7) is 4.69. The Morgan fingerprint density at radius 2 is 1.15 bits per heavy atom. The zero-order valence-electron chi connectivity index (χ0n) is 29.0. The van der Waals surface area contributed by atoms with Crippen molar-refractivity contribution in [2.75, 3.05) is 4.90 Å². The van der Waals surface area contributed by atoms with Crippen LogP contribution < -0.4 is 4.90 Å². The summed E-state index contributed by atoms with van der Waals surface area (Å²) >= 11 is 0. The second kappa shape index (κ2) is 11.8. The summed E-state index contributed by atoms with van der Waals surface area (Å²) in [6.07, 6.45) is 10.9. The molecule has 5 nitrogen and oxygen atoms in total. The Morgan fingerprint density at radius 1 is 0.538 bits per heavy atom. The highest BCUT2D eigenvalue weighted by molar-refractivity contribution is 5.90. The molecule has 7 aromatic rings. The van der Waals surface area contributed by atoms with Crippen LogP contribution in [-0.4, -0.2) is 26.0 Å². The van der Waals surface area contributed by atoms with Crippen molar-refractivity contribution in [3.05, 3.63) is 181 Å². The SMILES string of the molecule is CC1(C)c2cc(-c3nc(-c4ccccc4)nc(-c4ccc(-c5ccccc5)cc4)n3)ccc2-c2cccc(N3c4ncccc4C4C=CC=CC43)c21. The number of rotatable bonds is 5. The van der Waals surface area contributed by atoms with Gasteiger partial charge < -0.3 is 4.90 Å². The first kappa shape index (κ1) is 30.4. The van der Waals surface area contributed by atoms with E-state index in [1.54, 1.807) is 0 Å². The summed E-state index contributed by atoms with van der Waals surface area (Å²) in [5, 5.41) is 0. The van der Waals surface area contributed by atoms with Crippen molar-refractivity contribution in [1.29, 1.82) is 0 Å². The van der Waals surface area contributed by atoms with Crippen molar-refractivity contribution in [3.8, 4) is 56.4 Å². The molecule has 0 N–H and O–H groups in total. The summed E-state index contributed by atoms with van der Waals surface area (Å²) < 4.78 is 0. The highest BCUT2D eigenvalue weighted by atomic mass is 15.2. The van der Waals surface area contributed by atoms with Gasteiger partial charge in [-0.1, -0.05) is 153 Å². The number of pyridine rings is 1. The van der Waals surface area contributed by atoms with Crippen LogP contribution in [0.25, 0.3) is 56.4 Å². The van der Waals surface area contributed by atoms with Crippen LogP contribution in [0.2, 0.25) is 0 Å². The van der Waals surface area contributed by atoms with Gasteiger partial charge >= 0.3 is 0 Å². The molecule has 0 spiro atoms. The lowest BCUT2D eigenvalue weighted by Crippen LogP contribution is -2.31. The molecule has 2 atom stereocenters. The molecular weight excluding hydrogens is 635 g/mol. The van der Waals surface area contributed by atoms with Gasteiger partial charge in [0.15, 0.2) is 17.5 Å². The van der Waals surface area contributed by atoms with E-state index in [4.69, 9.17) is 19.9 Å². The molecule has 0 saturated heterocycles. The molecule has 52 heavy (non-hydrogen) atoms.